The first-order valence-corrected chi connectivity index (χ1v) is 8.92. The minimum absolute atomic E-state index is 0.00309. The summed E-state index contributed by atoms with van der Waals surface area (Å²) in [5.41, 5.74) is 2.15. The molecule has 2 aliphatic rings. The van der Waals surface area contributed by atoms with Crippen molar-refractivity contribution in [1.29, 1.82) is 0 Å². The van der Waals surface area contributed by atoms with Crippen molar-refractivity contribution < 1.29 is 19.1 Å². The van der Waals surface area contributed by atoms with Crippen LogP contribution >= 0.6 is 0 Å². The summed E-state index contributed by atoms with van der Waals surface area (Å²) >= 11 is 0. The number of fused-ring (bicyclic) bond motifs is 1. The second kappa shape index (κ2) is 6.54. The average molecular weight is 364 g/mol. The predicted octanol–water partition coefficient (Wildman–Crippen LogP) is 2.90. The molecule has 2 aliphatic heterocycles. The number of likely N-dealkylation sites (tertiary alicyclic amines) is 1. The number of imide groups is 1. The highest BCUT2D eigenvalue weighted by Crippen LogP contribution is 2.34. The topological polar surface area (TPSA) is 66.9 Å². The van der Waals surface area contributed by atoms with E-state index in [9.17, 15) is 14.4 Å². The average Bonchev–Trinajstić information content (AvgIpc) is 3.27. The van der Waals surface area contributed by atoms with Crippen LogP contribution in [0, 0.1) is 0 Å². The number of hydrogen-bond donors (Lipinski definition) is 0. The van der Waals surface area contributed by atoms with Gasteiger partial charge in [-0.25, -0.2) is 0 Å². The van der Waals surface area contributed by atoms with Gasteiger partial charge in [0.2, 0.25) is 0 Å². The molecule has 2 aromatic carbocycles. The Bertz CT molecular complexity index is 936. The van der Waals surface area contributed by atoms with Crippen molar-refractivity contribution in [1.82, 2.24) is 9.80 Å². The maximum atomic E-state index is 13.1. The van der Waals surface area contributed by atoms with Crippen molar-refractivity contribution in [2.45, 2.75) is 18.9 Å². The summed E-state index contributed by atoms with van der Waals surface area (Å²) < 4.78 is 5.20. The van der Waals surface area contributed by atoms with Crippen LogP contribution in [0.2, 0.25) is 0 Å². The smallest absolute Gasteiger partial charge is 0.261 e. The molecule has 0 N–H and O–H groups in total. The summed E-state index contributed by atoms with van der Waals surface area (Å²) in [6.07, 6.45) is 1.82. The first kappa shape index (κ1) is 17.3. The number of hydrogen-bond acceptors (Lipinski definition) is 4. The van der Waals surface area contributed by atoms with Gasteiger partial charge in [-0.2, -0.15) is 0 Å². The quantitative estimate of drug-likeness (QED) is 0.786. The van der Waals surface area contributed by atoms with Crippen molar-refractivity contribution in [3.05, 3.63) is 64.7 Å². The first-order chi connectivity index (χ1) is 13.0. The van der Waals surface area contributed by atoms with E-state index in [-0.39, 0.29) is 23.8 Å². The maximum absolute atomic E-state index is 13.1. The van der Waals surface area contributed by atoms with Gasteiger partial charge in [0.25, 0.3) is 17.7 Å². The molecule has 2 heterocycles. The van der Waals surface area contributed by atoms with E-state index in [1.54, 1.807) is 25.3 Å². The highest BCUT2D eigenvalue weighted by Gasteiger charge is 2.35. The zero-order valence-corrected chi connectivity index (χ0v) is 15.3. The summed E-state index contributed by atoms with van der Waals surface area (Å²) in [5.74, 6) is -0.0319. The van der Waals surface area contributed by atoms with E-state index < -0.39 is 0 Å². The van der Waals surface area contributed by atoms with Gasteiger partial charge in [-0.05, 0) is 48.7 Å². The third kappa shape index (κ3) is 2.77. The van der Waals surface area contributed by atoms with E-state index in [0.717, 1.165) is 29.1 Å². The second-order valence-electron chi connectivity index (χ2n) is 6.86. The van der Waals surface area contributed by atoms with Crippen molar-refractivity contribution in [2.24, 2.45) is 0 Å². The van der Waals surface area contributed by atoms with E-state index in [1.807, 2.05) is 29.2 Å². The van der Waals surface area contributed by atoms with Crippen LogP contribution in [-0.2, 0) is 0 Å². The maximum Gasteiger partial charge on any atom is 0.261 e. The number of nitrogens with zero attached hydrogens (tertiary/aromatic N) is 2. The minimum Gasteiger partial charge on any atom is -0.497 e. The fourth-order valence-electron chi connectivity index (χ4n) is 3.84. The number of rotatable bonds is 3. The van der Waals surface area contributed by atoms with Crippen molar-refractivity contribution >= 4 is 17.7 Å². The van der Waals surface area contributed by atoms with Crippen LogP contribution in [0.15, 0.2) is 42.5 Å². The third-order valence-corrected chi connectivity index (χ3v) is 5.35. The summed E-state index contributed by atoms with van der Waals surface area (Å²) in [4.78, 5) is 40.3. The molecule has 0 bridgehead atoms. The van der Waals surface area contributed by atoms with Crippen LogP contribution in [-0.4, -0.2) is 48.2 Å². The highest BCUT2D eigenvalue weighted by atomic mass is 16.5. The Morgan fingerprint density at radius 3 is 2.44 bits per heavy atom. The van der Waals surface area contributed by atoms with Gasteiger partial charge >= 0.3 is 0 Å². The van der Waals surface area contributed by atoms with Gasteiger partial charge in [0.05, 0.1) is 24.3 Å². The Labute approximate surface area is 157 Å². The molecular weight excluding hydrogens is 344 g/mol. The lowest BCUT2D eigenvalue weighted by Gasteiger charge is -2.25. The van der Waals surface area contributed by atoms with Gasteiger partial charge in [0, 0.05) is 19.2 Å². The van der Waals surface area contributed by atoms with E-state index in [0.29, 0.717) is 23.2 Å². The molecule has 1 atom stereocenters. The number of carbonyl (C=O) groups is 3. The highest BCUT2D eigenvalue weighted by molar-refractivity contribution is 6.21. The summed E-state index contributed by atoms with van der Waals surface area (Å²) in [6, 6.07) is 12.5. The third-order valence-electron chi connectivity index (χ3n) is 5.35. The SMILES string of the molecule is COc1ccc(C2CCCN2C(=O)c2ccc3c(c2)C(=O)N(C)C3=O)cc1. The van der Waals surface area contributed by atoms with E-state index in [2.05, 4.69) is 0 Å². The molecule has 1 fully saturated rings. The summed E-state index contributed by atoms with van der Waals surface area (Å²) in [7, 11) is 3.07. The molecule has 0 radical (unpaired) electrons. The predicted molar refractivity (Wildman–Crippen MR) is 98.9 cm³/mol. The molecule has 0 aliphatic carbocycles. The largest absolute Gasteiger partial charge is 0.497 e. The first-order valence-electron chi connectivity index (χ1n) is 8.92. The lowest BCUT2D eigenvalue weighted by molar-refractivity contribution is 0.0692. The van der Waals surface area contributed by atoms with Crippen LogP contribution in [0.1, 0.15) is 55.5 Å². The zero-order chi connectivity index (χ0) is 19.1. The molecule has 138 valence electrons. The van der Waals surface area contributed by atoms with Crippen LogP contribution in [0.25, 0.3) is 0 Å². The Kier molecular flexibility index (Phi) is 4.18. The van der Waals surface area contributed by atoms with Crippen LogP contribution < -0.4 is 4.74 Å². The lowest BCUT2D eigenvalue weighted by atomic mass is 10.0. The number of amides is 3. The van der Waals surface area contributed by atoms with Crippen LogP contribution in [0.4, 0.5) is 0 Å². The normalized spacial score (nSPS) is 18.8. The second-order valence-corrected chi connectivity index (χ2v) is 6.86. The zero-order valence-electron chi connectivity index (χ0n) is 15.3. The number of methoxy groups -OCH3 is 1. The Morgan fingerprint density at radius 1 is 1.04 bits per heavy atom. The Hall–Kier alpha value is -3.15. The molecule has 1 saturated heterocycles. The van der Waals surface area contributed by atoms with Gasteiger partial charge in [-0.15, -0.1) is 0 Å². The molecule has 3 amide bonds. The fraction of sp³-hybridized carbons (Fsp3) is 0.286. The van der Waals surface area contributed by atoms with E-state index in [1.165, 1.54) is 7.05 Å². The minimum atomic E-state index is -0.363. The summed E-state index contributed by atoms with van der Waals surface area (Å²) in [5, 5.41) is 0. The lowest BCUT2D eigenvalue weighted by Crippen LogP contribution is -2.30. The number of benzene rings is 2. The number of ether oxygens (including phenoxy) is 1. The molecule has 27 heavy (non-hydrogen) atoms. The molecule has 6 nitrogen and oxygen atoms in total. The van der Waals surface area contributed by atoms with Gasteiger partial charge in [0.1, 0.15) is 5.75 Å². The molecule has 0 saturated carbocycles. The van der Waals surface area contributed by atoms with Gasteiger partial charge < -0.3 is 9.64 Å². The Morgan fingerprint density at radius 2 is 1.74 bits per heavy atom. The molecule has 4 rings (SSSR count). The molecule has 6 heteroatoms. The number of carbonyl (C=O) groups excluding carboxylic acids is 3. The van der Waals surface area contributed by atoms with Crippen LogP contribution in [0.3, 0.4) is 0 Å². The van der Waals surface area contributed by atoms with Crippen LogP contribution in [0.5, 0.6) is 5.75 Å². The molecule has 0 spiro atoms. The van der Waals surface area contributed by atoms with Gasteiger partial charge in [-0.3, -0.25) is 19.3 Å². The Balaban J connectivity index is 1.62. The van der Waals surface area contributed by atoms with Gasteiger partial charge in [0.15, 0.2) is 0 Å². The molecular formula is C21H20N2O4. The molecule has 2 aromatic rings. The standard InChI is InChI=1S/C21H20N2O4/c1-22-20(25)16-10-7-14(12-17(16)21(22)26)19(24)23-11-3-4-18(23)13-5-8-15(27-2)9-6-13/h5-10,12,18H,3-4,11H2,1-2H3. The van der Waals surface area contributed by atoms with Crippen molar-refractivity contribution in [3.8, 4) is 5.75 Å². The van der Waals surface area contributed by atoms with E-state index >= 15 is 0 Å². The fourth-order valence-corrected chi connectivity index (χ4v) is 3.84. The summed E-state index contributed by atoms with van der Waals surface area (Å²) in [6.45, 7) is 0.666. The monoisotopic (exact) mass is 364 g/mol. The van der Waals surface area contributed by atoms with Crippen molar-refractivity contribution in [2.75, 3.05) is 20.7 Å². The van der Waals surface area contributed by atoms with E-state index in [4.69, 9.17) is 4.74 Å². The van der Waals surface area contributed by atoms with Crippen molar-refractivity contribution in [3.63, 3.8) is 0 Å². The molecule has 0 aromatic heterocycles. The molecule has 1 unspecified atom stereocenters. The van der Waals surface area contributed by atoms with Gasteiger partial charge in [-0.1, -0.05) is 12.1 Å².